The van der Waals surface area contributed by atoms with Crippen molar-refractivity contribution < 1.29 is 24.9 Å². The molecule has 4 aliphatic carbocycles. The Morgan fingerprint density at radius 3 is 2.54 bits per heavy atom. The summed E-state index contributed by atoms with van der Waals surface area (Å²) in [6, 6.07) is 0. The highest BCUT2D eigenvalue weighted by Gasteiger charge is 2.68. The van der Waals surface area contributed by atoms with Gasteiger partial charge in [0.2, 0.25) is 0 Å². The van der Waals surface area contributed by atoms with Crippen LogP contribution in [-0.2, 0) is 9.59 Å². The van der Waals surface area contributed by atoms with Gasteiger partial charge in [0.05, 0.1) is 11.7 Å². The second kappa shape index (κ2) is 5.86. The van der Waals surface area contributed by atoms with Gasteiger partial charge in [-0.05, 0) is 50.4 Å². The van der Waals surface area contributed by atoms with E-state index in [1.165, 1.54) is 0 Å². The van der Waals surface area contributed by atoms with Gasteiger partial charge in [-0.25, -0.2) is 0 Å². The minimum Gasteiger partial charge on any atom is -0.396 e. The fraction of sp³-hybridized carbons (Fsp3) is 0.905. The normalized spacial score (nSPS) is 53.8. The topological polar surface area (TPSA) is 94.8 Å². The van der Waals surface area contributed by atoms with E-state index in [-0.39, 0.29) is 41.8 Å². The first-order chi connectivity index (χ1) is 12.2. The molecule has 4 saturated carbocycles. The van der Waals surface area contributed by atoms with Crippen molar-refractivity contribution in [2.75, 3.05) is 6.61 Å². The standard InChI is InChI=1S/C21H32O5/c1-19-11-16(24)18-12(13(19)7-8-21(19,26)9-10-22)3-4-14-15(23)5-6-17(25)20(14,18)2/h12-14,16,18,22,24,26H,3-11H2,1-2H3/t12-,13-,14?,16?,18+,19-,20+,21-/m0/s1. The molecule has 3 N–H and O–H groups in total. The van der Waals surface area contributed by atoms with Gasteiger partial charge < -0.3 is 15.3 Å². The molecule has 0 amide bonds. The number of Topliss-reactive ketones (excluding diaryl/α,β-unsaturated/α-hetero) is 2. The first-order valence-electron chi connectivity index (χ1n) is 10.3. The molecular formula is C21H32O5. The molecule has 0 saturated heterocycles. The Balaban J connectivity index is 1.74. The highest BCUT2D eigenvalue weighted by atomic mass is 16.3. The lowest BCUT2D eigenvalue weighted by molar-refractivity contribution is -0.199. The summed E-state index contributed by atoms with van der Waals surface area (Å²) in [7, 11) is 0. The fourth-order valence-corrected chi connectivity index (χ4v) is 7.74. The molecule has 0 spiro atoms. The average molecular weight is 364 g/mol. The molecule has 0 heterocycles. The Kier molecular flexibility index (Phi) is 4.18. The number of hydrogen-bond acceptors (Lipinski definition) is 5. The molecule has 0 bridgehead atoms. The predicted octanol–water partition coefficient (Wildman–Crippen LogP) is 1.86. The highest BCUT2D eigenvalue weighted by Crippen LogP contribution is 2.67. The van der Waals surface area contributed by atoms with Gasteiger partial charge in [-0.1, -0.05) is 13.8 Å². The zero-order chi connectivity index (χ0) is 18.9. The third-order valence-electron chi connectivity index (χ3n) is 9.09. The number of carbonyl (C=O) groups is 2. The van der Waals surface area contributed by atoms with E-state index in [2.05, 4.69) is 6.92 Å². The average Bonchev–Trinajstić information content (AvgIpc) is 2.82. The molecule has 0 radical (unpaired) electrons. The van der Waals surface area contributed by atoms with Crippen LogP contribution in [0.2, 0.25) is 0 Å². The molecule has 5 nitrogen and oxygen atoms in total. The first-order valence-corrected chi connectivity index (χ1v) is 10.3. The molecular weight excluding hydrogens is 332 g/mol. The second-order valence-electron chi connectivity index (χ2n) is 9.83. The fourth-order valence-electron chi connectivity index (χ4n) is 7.74. The Hall–Kier alpha value is -0.780. The summed E-state index contributed by atoms with van der Waals surface area (Å²) in [4.78, 5) is 25.5. The SMILES string of the molecule is C[C@]12C(=O)CCC(=O)C1CC[C@@H]1[C@@H]2C(O)C[C@@]2(C)[C@H]1CC[C@]2(O)CCO. The molecule has 0 aromatic carbocycles. The largest absolute Gasteiger partial charge is 0.396 e. The maximum Gasteiger partial charge on any atom is 0.140 e. The van der Waals surface area contributed by atoms with Gasteiger partial charge in [0, 0.05) is 42.1 Å². The zero-order valence-corrected chi connectivity index (χ0v) is 15.9. The summed E-state index contributed by atoms with van der Waals surface area (Å²) in [6.07, 6.45) is 3.81. The van der Waals surface area contributed by atoms with E-state index < -0.39 is 22.5 Å². The summed E-state index contributed by atoms with van der Waals surface area (Å²) < 4.78 is 0. The van der Waals surface area contributed by atoms with Gasteiger partial charge in [0.15, 0.2) is 0 Å². The van der Waals surface area contributed by atoms with Gasteiger partial charge in [-0.15, -0.1) is 0 Å². The summed E-state index contributed by atoms with van der Waals surface area (Å²) in [6.45, 7) is 3.92. The molecule has 4 fully saturated rings. The Morgan fingerprint density at radius 2 is 1.85 bits per heavy atom. The molecule has 26 heavy (non-hydrogen) atoms. The van der Waals surface area contributed by atoms with E-state index in [1.54, 1.807) is 0 Å². The number of carbonyl (C=O) groups excluding carboxylic acids is 2. The third-order valence-corrected chi connectivity index (χ3v) is 9.09. The van der Waals surface area contributed by atoms with Gasteiger partial charge >= 0.3 is 0 Å². The van der Waals surface area contributed by atoms with Crippen LogP contribution < -0.4 is 0 Å². The number of aliphatic hydroxyl groups is 3. The molecule has 4 rings (SSSR count). The first kappa shape index (κ1) is 18.6. The third kappa shape index (κ3) is 2.14. The highest BCUT2D eigenvalue weighted by molar-refractivity contribution is 5.99. The van der Waals surface area contributed by atoms with Crippen molar-refractivity contribution in [2.45, 2.75) is 76.9 Å². The maximum atomic E-state index is 13.0. The van der Waals surface area contributed by atoms with Gasteiger partial charge in [0.25, 0.3) is 0 Å². The summed E-state index contributed by atoms with van der Waals surface area (Å²) >= 11 is 0. The molecule has 0 aromatic rings. The van der Waals surface area contributed by atoms with E-state index in [1.807, 2.05) is 6.92 Å². The van der Waals surface area contributed by atoms with Gasteiger partial charge in [0.1, 0.15) is 11.6 Å². The number of fused-ring (bicyclic) bond motifs is 5. The quantitative estimate of drug-likeness (QED) is 0.695. The van der Waals surface area contributed by atoms with Crippen LogP contribution in [0.4, 0.5) is 0 Å². The van der Waals surface area contributed by atoms with Crippen LogP contribution in [0, 0.1) is 34.5 Å². The van der Waals surface area contributed by atoms with Crippen LogP contribution in [0.1, 0.15) is 65.2 Å². The molecule has 5 heteroatoms. The molecule has 8 atom stereocenters. The number of rotatable bonds is 2. The Bertz CT molecular complexity index is 632. The van der Waals surface area contributed by atoms with Crippen LogP contribution in [0.25, 0.3) is 0 Å². The van der Waals surface area contributed by atoms with E-state index in [4.69, 9.17) is 0 Å². The zero-order valence-electron chi connectivity index (χ0n) is 15.9. The summed E-state index contributed by atoms with van der Waals surface area (Å²) in [5.74, 6) is 0.286. The van der Waals surface area contributed by atoms with Crippen molar-refractivity contribution >= 4 is 11.6 Å². The lowest BCUT2D eigenvalue weighted by Gasteiger charge is -2.61. The molecule has 0 aliphatic heterocycles. The summed E-state index contributed by atoms with van der Waals surface area (Å²) in [5, 5.41) is 31.9. The van der Waals surface area contributed by atoms with Crippen LogP contribution in [-0.4, -0.2) is 45.2 Å². The molecule has 4 aliphatic rings. The van der Waals surface area contributed by atoms with E-state index >= 15 is 0 Å². The monoisotopic (exact) mass is 364 g/mol. The molecule has 146 valence electrons. The lowest BCUT2D eigenvalue weighted by atomic mass is 9.43. The van der Waals surface area contributed by atoms with Crippen molar-refractivity contribution in [3.05, 3.63) is 0 Å². The van der Waals surface area contributed by atoms with E-state index in [0.717, 1.165) is 19.3 Å². The van der Waals surface area contributed by atoms with Gasteiger partial charge in [-0.2, -0.15) is 0 Å². The number of hydrogen-bond donors (Lipinski definition) is 3. The van der Waals surface area contributed by atoms with Crippen molar-refractivity contribution in [3.8, 4) is 0 Å². The molecule has 2 unspecified atom stereocenters. The van der Waals surface area contributed by atoms with Crippen LogP contribution in [0.5, 0.6) is 0 Å². The van der Waals surface area contributed by atoms with Gasteiger partial charge in [-0.3, -0.25) is 9.59 Å². The minimum absolute atomic E-state index is 0.0597. The van der Waals surface area contributed by atoms with Crippen LogP contribution in [0.15, 0.2) is 0 Å². The summed E-state index contributed by atoms with van der Waals surface area (Å²) in [5.41, 5.74) is -2.15. The van der Waals surface area contributed by atoms with Crippen molar-refractivity contribution in [1.29, 1.82) is 0 Å². The number of aliphatic hydroxyl groups excluding tert-OH is 2. The van der Waals surface area contributed by atoms with E-state index in [0.29, 0.717) is 32.1 Å². The smallest absolute Gasteiger partial charge is 0.140 e. The molecule has 0 aromatic heterocycles. The Labute approximate surface area is 155 Å². The Morgan fingerprint density at radius 1 is 1.12 bits per heavy atom. The van der Waals surface area contributed by atoms with Crippen molar-refractivity contribution in [2.24, 2.45) is 34.5 Å². The predicted molar refractivity (Wildman–Crippen MR) is 95.2 cm³/mol. The van der Waals surface area contributed by atoms with Crippen molar-refractivity contribution in [1.82, 2.24) is 0 Å². The second-order valence-corrected chi connectivity index (χ2v) is 9.83. The van der Waals surface area contributed by atoms with E-state index in [9.17, 15) is 24.9 Å². The van der Waals surface area contributed by atoms with Crippen LogP contribution >= 0.6 is 0 Å². The lowest BCUT2D eigenvalue weighted by Crippen LogP contribution is -2.64. The van der Waals surface area contributed by atoms with Crippen molar-refractivity contribution in [3.63, 3.8) is 0 Å². The number of ketones is 2. The van der Waals surface area contributed by atoms with Crippen LogP contribution in [0.3, 0.4) is 0 Å². The maximum absolute atomic E-state index is 13.0. The minimum atomic E-state index is -0.956.